The normalized spacial score (nSPS) is 16.9. The van der Waals surface area contributed by atoms with Crippen molar-refractivity contribution >= 4 is 25.6 Å². The van der Waals surface area contributed by atoms with Crippen LogP contribution in [0.1, 0.15) is 36.5 Å². The molecule has 116 valence electrons. The number of hydrogen-bond acceptors (Lipinski definition) is 4. The highest BCUT2D eigenvalue weighted by atomic mass is 35.7. The Morgan fingerprint density at radius 1 is 1.43 bits per heavy atom. The van der Waals surface area contributed by atoms with Crippen LogP contribution in [0.15, 0.2) is 23.1 Å². The third-order valence-corrected chi connectivity index (χ3v) is 5.26. The predicted molar refractivity (Wildman–Crippen MR) is 80.3 cm³/mol. The highest BCUT2D eigenvalue weighted by molar-refractivity contribution is 8.13. The first-order valence-electron chi connectivity index (χ1n) is 6.76. The van der Waals surface area contributed by atoms with Crippen molar-refractivity contribution < 1.29 is 17.9 Å². The minimum absolute atomic E-state index is 0.0484. The van der Waals surface area contributed by atoms with Gasteiger partial charge in [-0.05, 0) is 43.9 Å². The largest absolute Gasteiger partial charge is 0.496 e. The molecule has 1 atom stereocenters. The molecule has 0 radical (unpaired) electrons. The predicted octanol–water partition coefficient (Wildman–Crippen LogP) is 2.54. The minimum atomic E-state index is -3.89. The molecule has 1 fully saturated rings. The second kappa shape index (κ2) is 6.23. The Bertz CT molecular complexity index is 640. The van der Waals surface area contributed by atoms with E-state index in [0.29, 0.717) is 11.7 Å². The fourth-order valence-corrected chi connectivity index (χ4v) is 3.14. The summed E-state index contributed by atoms with van der Waals surface area (Å²) in [4.78, 5) is 12.2. The number of carbonyl (C=O) groups excluding carboxylic acids is 1. The number of amides is 1. The number of hydrogen-bond donors (Lipinski definition) is 1. The van der Waals surface area contributed by atoms with E-state index >= 15 is 0 Å². The Labute approximate surface area is 129 Å². The first kappa shape index (κ1) is 16.1. The smallest absolute Gasteiger partial charge is 0.261 e. The van der Waals surface area contributed by atoms with Gasteiger partial charge in [0.05, 0.1) is 17.6 Å². The number of halogens is 1. The van der Waals surface area contributed by atoms with E-state index in [9.17, 15) is 13.2 Å². The van der Waals surface area contributed by atoms with Gasteiger partial charge in [0.15, 0.2) is 0 Å². The number of ether oxygens (including phenoxy) is 1. The Morgan fingerprint density at radius 3 is 2.57 bits per heavy atom. The van der Waals surface area contributed by atoms with Crippen molar-refractivity contribution in [3.8, 4) is 5.75 Å². The van der Waals surface area contributed by atoms with E-state index in [2.05, 4.69) is 5.32 Å². The van der Waals surface area contributed by atoms with Crippen molar-refractivity contribution in [3.05, 3.63) is 23.8 Å². The molecule has 1 aromatic rings. The van der Waals surface area contributed by atoms with Gasteiger partial charge in [0, 0.05) is 16.7 Å². The molecule has 0 spiro atoms. The standard InChI is InChI=1S/C14H18ClNO4S/c1-9(10-4-3-5-10)16-14(17)12-8-11(21(15,18)19)6-7-13(12)20-2/h6-10H,3-5H2,1-2H3,(H,16,17). The van der Waals surface area contributed by atoms with E-state index in [4.69, 9.17) is 15.4 Å². The van der Waals surface area contributed by atoms with Gasteiger partial charge in [-0.2, -0.15) is 0 Å². The molecular formula is C14H18ClNO4S. The van der Waals surface area contributed by atoms with Crippen molar-refractivity contribution in [2.75, 3.05) is 7.11 Å². The summed E-state index contributed by atoms with van der Waals surface area (Å²) in [5.74, 6) is 0.450. The maximum absolute atomic E-state index is 12.3. The molecule has 1 aliphatic rings. The first-order chi connectivity index (χ1) is 9.82. The Morgan fingerprint density at radius 2 is 2.10 bits per heavy atom. The minimum Gasteiger partial charge on any atom is -0.496 e. The third kappa shape index (κ3) is 3.68. The molecular weight excluding hydrogens is 314 g/mol. The molecule has 1 aromatic carbocycles. The van der Waals surface area contributed by atoms with Gasteiger partial charge in [0.1, 0.15) is 5.75 Å². The maximum Gasteiger partial charge on any atom is 0.261 e. The second-order valence-electron chi connectivity index (χ2n) is 5.25. The Balaban J connectivity index is 2.25. The van der Waals surface area contributed by atoms with Crippen LogP contribution in [0.2, 0.25) is 0 Å². The zero-order valence-electron chi connectivity index (χ0n) is 11.9. The van der Waals surface area contributed by atoms with Crippen LogP contribution in [0, 0.1) is 5.92 Å². The van der Waals surface area contributed by atoms with E-state index in [1.54, 1.807) is 0 Å². The van der Waals surface area contributed by atoms with Crippen molar-refractivity contribution in [2.24, 2.45) is 5.92 Å². The highest BCUT2D eigenvalue weighted by Crippen LogP contribution is 2.30. The topological polar surface area (TPSA) is 72.5 Å². The molecule has 1 N–H and O–H groups in total. The summed E-state index contributed by atoms with van der Waals surface area (Å²) in [6.45, 7) is 1.95. The van der Waals surface area contributed by atoms with Crippen molar-refractivity contribution in [3.63, 3.8) is 0 Å². The molecule has 21 heavy (non-hydrogen) atoms. The third-order valence-electron chi connectivity index (χ3n) is 3.91. The molecule has 0 saturated heterocycles. The van der Waals surface area contributed by atoms with Crippen molar-refractivity contribution in [1.82, 2.24) is 5.32 Å². The lowest BCUT2D eigenvalue weighted by Crippen LogP contribution is -2.40. The van der Waals surface area contributed by atoms with Gasteiger partial charge in [0.2, 0.25) is 0 Å². The number of carbonyl (C=O) groups is 1. The lowest BCUT2D eigenvalue weighted by atomic mass is 9.80. The van der Waals surface area contributed by atoms with Crippen LogP contribution >= 0.6 is 10.7 Å². The number of nitrogens with one attached hydrogen (secondary N) is 1. The molecule has 0 aromatic heterocycles. The first-order valence-corrected chi connectivity index (χ1v) is 9.07. The van der Waals surface area contributed by atoms with Gasteiger partial charge in [-0.25, -0.2) is 8.42 Å². The van der Waals surface area contributed by atoms with Crippen molar-refractivity contribution in [1.29, 1.82) is 0 Å². The van der Waals surface area contributed by atoms with E-state index in [1.807, 2.05) is 6.92 Å². The van der Waals surface area contributed by atoms with Crippen LogP contribution in [0.3, 0.4) is 0 Å². The molecule has 7 heteroatoms. The average Bonchev–Trinajstić information content (AvgIpc) is 2.34. The van der Waals surface area contributed by atoms with Crippen LogP contribution in [-0.2, 0) is 9.05 Å². The summed E-state index contributed by atoms with van der Waals surface area (Å²) >= 11 is 0. The van der Waals surface area contributed by atoms with Crippen LogP contribution in [-0.4, -0.2) is 27.5 Å². The molecule has 1 amide bonds. The monoisotopic (exact) mass is 331 g/mol. The maximum atomic E-state index is 12.3. The van der Waals surface area contributed by atoms with Crippen LogP contribution < -0.4 is 10.1 Å². The summed E-state index contributed by atoms with van der Waals surface area (Å²) in [6.07, 6.45) is 3.40. The van der Waals surface area contributed by atoms with Gasteiger partial charge in [-0.1, -0.05) is 6.42 Å². The fourth-order valence-electron chi connectivity index (χ4n) is 2.36. The molecule has 0 heterocycles. The quantitative estimate of drug-likeness (QED) is 0.841. The van der Waals surface area contributed by atoms with E-state index in [1.165, 1.54) is 31.7 Å². The summed E-state index contributed by atoms with van der Waals surface area (Å²) in [7, 11) is 2.86. The number of methoxy groups -OCH3 is 1. The zero-order chi connectivity index (χ0) is 15.6. The van der Waals surface area contributed by atoms with Crippen molar-refractivity contribution in [2.45, 2.75) is 37.1 Å². The summed E-state index contributed by atoms with van der Waals surface area (Å²) < 4.78 is 27.9. The van der Waals surface area contributed by atoms with Gasteiger partial charge >= 0.3 is 0 Å². The Hall–Kier alpha value is -1.27. The molecule has 0 aliphatic heterocycles. The lowest BCUT2D eigenvalue weighted by molar-refractivity contribution is 0.0906. The molecule has 1 saturated carbocycles. The van der Waals surface area contributed by atoms with Crippen LogP contribution in [0.5, 0.6) is 5.75 Å². The van der Waals surface area contributed by atoms with Crippen LogP contribution in [0.4, 0.5) is 0 Å². The molecule has 1 unspecified atom stereocenters. The molecule has 2 rings (SSSR count). The molecule has 0 bridgehead atoms. The summed E-state index contributed by atoms with van der Waals surface area (Å²) in [5, 5.41) is 2.89. The van der Waals surface area contributed by atoms with Gasteiger partial charge in [0.25, 0.3) is 15.0 Å². The zero-order valence-corrected chi connectivity index (χ0v) is 13.5. The van der Waals surface area contributed by atoms with Gasteiger partial charge in [-0.15, -0.1) is 0 Å². The van der Waals surface area contributed by atoms with E-state index in [0.717, 1.165) is 12.8 Å². The Kier molecular flexibility index (Phi) is 4.78. The number of rotatable bonds is 5. The fraction of sp³-hybridized carbons (Fsp3) is 0.500. The van der Waals surface area contributed by atoms with E-state index < -0.39 is 9.05 Å². The molecule has 5 nitrogen and oxygen atoms in total. The lowest BCUT2D eigenvalue weighted by Gasteiger charge is -2.32. The summed E-state index contributed by atoms with van der Waals surface area (Å²) in [5.41, 5.74) is 0.172. The van der Waals surface area contributed by atoms with Gasteiger partial charge < -0.3 is 10.1 Å². The van der Waals surface area contributed by atoms with Gasteiger partial charge in [-0.3, -0.25) is 4.79 Å². The SMILES string of the molecule is COc1ccc(S(=O)(=O)Cl)cc1C(=O)NC(C)C1CCC1. The van der Waals surface area contributed by atoms with Crippen LogP contribution in [0.25, 0.3) is 0 Å². The average molecular weight is 332 g/mol. The second-order valence-corrected chi connectivity index (χ2v) is 7.82. The van der Waals surface area contributed by atoms with E-state index in [-0.39, 0.29) is 22.4 Å². The highest BCUT2D eigenvalue weighted by Gasteiger charge is 2.26. The molecule has 1 aliphatic carbocycles. The number of benzene rings is 1. The summed E-state index contributed by atoms with van der Waals surface area (Å²) in [6, 6.07) is 4.03.